The Kier molecular flexibility index (Phi) is 5.55. The van der Waals surface area contributed by atoms with Crippen molar-refractivity contribution in [1.29, 1.82) is 0 Å². The molecule has 2 aromatic rings. The Hall–Kier alpha value is -2.03. The molecule has 1 unspecified atom stereocenters. The molecule has 8 heteroatoms. The van der Waals surface area contributed by atoms with Gasteiger partial charge in [0.05, 0.1) is 18.5 Å². The molecule has 7 nitrogen and oxygen atoms in total. The van der Waals surface area contributed by atoms with Crippen LogP contribution in [0.3, 0.4) is 0 Å². The van der Waals surface area contributed by atoms with Crippen LogP contribution in [0.4, 0.5) is 0 Å². The normalized spacial score (nSPS) is 18.8. The van der Waals surface area contributed by atoms with Crippen molar-refractivity contribution in [2.24, 2.45) is 0 Å². The molecule has 0 saturated carbocycles. The molecule has 0 amide bonds. The molecule has 0 spiro atoms. The number of piperidine rings is 1. The summed E-state index contributed by atoms with van der Waals surface area (Å²) in [6.07, 6.45) is 5.01. The van der Waals surface area contributed by atoms with Crippen LogP contribution in [0.25, 0.3) is 11.3 Å². The van der Waals surface area contributed by atoms with Crippen molar-refractivity contribution in [1.82, 2.24) is 18.6 Å². The smallest absolute Gasteiger partial charge is 0.281 e. The van der Waals surface area contributed by atoms with Gasteiger partial charge in [-0.1, -0.05) is 12.1 Å². The fourth-order valence-electron chi connectivity index (χ4n) is 3.25. The number of benzene rings is 1. The summed E-state index contributed by atoms with van der Waals surface area (Å²) in [5.74, 6) is 0.757. The highest BCUT2D eigenvalue weighted by molar-refractivity contribution is 7.86. The standard InChI is InChI=1S/C18H24N4O3S/c1-21(2)26(23,24)22-11-5-7-15(13-22)18-17(19-9-10-20-18)14-6-4-8-16(12-14)25-3/h4,6,8-10,12,15H,5,7,11,13H2,1-3H3. The predicted molar refractivity (Wildman–Crippen MR) is 100 cm³/mol. The average Bonchev–Trinajstić information content (AvgIpc) is 2.68. The molecule has 1 aromatic heterocycles. The number of nitrogens with zero attached hydrogens (tertiary/aromatic N) is 4. The first-order valence-corrected chi connectivity index (χ1v) is 9.96. The van der Waals surface area contributed by atoms with Gasteiger partial charge in [-0.3, -0.25) is 9.97 Å². The van der Waals surface area contributed by atoms with Crippen LogP contribution in [0.2, 0.25) is 0 Å². The van der Waals surface area contributed by atoms with Crippen LogP contribution in [0.15, 0.2) is 36.7 Å². The van der Waals surface area contributed by atoms with Gasteiger partial charge in [0.25, 0.3) is 10.2 Å². The van der Waals surface area contributed by atoms with E-state index in [1.165, 1.54) is 8.61 Å². The maximum Gasteiger partial charge on any atom is 0.281 e. The molecule has 1 aromatic carbocycles. The van der Waals surface area contributed by atoms with Crippen LogP contribution in [-0.4, -0.2) is 61.3 Å². The van der Waals surface area contributed by atoms with Gasteiger partial charge in [0.2, 0.25) is 0 Å². The predicted octanol–water partition coefficient (Wildman–Crippen LogP) is 2.14. The second-order valence-electron chi connectivity index (χ2n) is 6.51. The van der Waals surface area contributed by atoms with Crippen molar-refractivity contribution in [3.8, 4) is 17.0 Å². The van der Waals surface area contributed by atoms with Crippen LogP contribution >= 0.6 is 0 Å². The van der Waals surface area contributed by atoms with Crippen molar-refractivity contribution in [3.63, 3.8) is 0 Å². The number of aromatic nitrogens is 2. The van der Waals surface area contributed by atoms with E-state index in [4.69, 9.17) is 4.74 Å². The average molecular weight is 376 g/mol. The fraction of sp³-hybridized carbons (Fsp3) is 0.444. The SMILES string of the molecule is COc1cccc(-c2nccnc2C2CCCN(S(=O)(=O)N(C)C)C2)c1. The lowest BCUT2D eigenvalue weighted by molar-refractivity contribution is 0.296. The minimum Gasteiger partial charge on any atom is -0.497 e. The first kappa shape index (κ1) is 18.8. The number of hydrogen-bond acceptors (Lipinski definition) is 5. The zero-order chi connectivity index (χ0) is 18.7. The summed E-state index contributed by atoms with van der Waals surface area (Å²) >= 11 is 0. The van der Waals surface area contributed by atoms with Gasteiger partial charge in [-0.2, -0.15) is 17.0 Å². The summed E-state index contributed by atoms with van der Waals surface area (Å²) in [5, 5.41) is 0. The molecule has 1 fully saturated rings. The second-order valence-corrected chi connectivity index (χ2v) is 8.65. The minimum atomic E-state index is -3.43. The van der Waals surface area contributed by atoms with Crippen LogP contribution in [-0.2, 0) is 10.2 Å². The van der Waals surface area contributed by atoms with Gasteiger partial charge in [0.1, 0.15) is 5.75 Å². The van der Waals surface area contributed by atoms with Crippen LogP contribution in [0, 0.1) is 0 Å². The van der Waals surface area contributed by atoms with Crippen molar-refractivity contribution >= 4 is 10.2 Å². The molecule has 1 atom stereocenters. The highest BCUT2D eigenvalue weighted by Crippen LogP contribution is 2.33. The van der Waals surface area contributed by atoms with E-state index in [1.807, 2.05) is 24.3 Å². The molecule has 140 valence electrons. The van der Waals surface area contributed by atoms with E-state index >= 15 is 0 Å². The Bertz CT molecular complexity index is 870. The Labute approximate surface area is 154 Å². The second kappa shape index (κ2) is 7.69. The molecular weight excluding hydrogens is 352 g/mol. The Morgan fingerprint density at radius 2 is 2.00 bits per heavy atom. The largest absolute Gasteiger partial charge is 0.497 e. The summed E-state index contributed by atoms with van der Waals surface area (Å²) in [5.41, 5.74) is 2.53. The van der Waals surface area contributed by atoms with E-state index in [2.05, 4.69) is 9.97 Å². The monoisotopic (exact) mass is 376 g/mol. The van der Waals surface area contributed by atoms with Gasteiger partial charge in [0.15, 0.2) is 0 Å². The van der Waals surface area contributed by atoms with Crippen LogP contribution in [0.5, 0.6) is 5.75 Å². The van der Waals surface area contributed by atoms with Gasteiger partial charge in [0, 0.05) is 51.1 Å². The lowest BCUT2D eigenvalue weighted by Crippen LogP contribution is -2.45. The number of hydrogen-bond donors (Lipinski definition) is 0. The third-order valence-electron chi connectivity index (χ3n) is 4.63. The molecule has 0 bridgehead atoms. The molecular formula is C18H24N4O3S. The molecule has 1 saturated heterocycles. The number of rotatable bonds is 5. The summed E-state index contributed by atoms with van der Waals surface area (Å²) in [7, 11) is 1.31. The Morgan fingerprint density at radius 3 is 2.73 bits per heavy atom. The first-order chi connectivity index (χ1) is 12.4. The quantitative estimate of drug-likeness (QED) is 0.799. The summed E-state index contributed by atoms with van der Waals surface area (Å²) in [6.45, 7) is 0.946. The van der Waals surface area contributed by atoms with E-state index in [0.29, 0.717) is 13.1 Å². The molecule has 2 heterocycles. The highest BCUT2D eigenvalue weighted by Gasteiger charge is 2.32. The fourth-order valence-corrected chi connectivity index (χ4v) is 4.44. The van der Waals surface area contributed by atoms with Gasteiger partial charge in [-0.25, -0.2) is 0 Å². The van der Waals surface area contributed by atoms with E-state index < -0.39 is 10.2 Å². The summed E-state index contributed by atoms with van der Waals surface area (Å²) < 4.78 is 33.1. The third-order valence-corrected chi connectivity index (χ3v) is 6.54. The zero-order valence-electron chi connectivity index (χ0n) is 15.3. The molecule has 1 aliphatic heterocycles. The molecule has 0 radical (unpaired) electrons. The Morgan fingerprint density at radius 1 is 1.23 bits per heavy atom. The lowest BCUT2D eigenvalue weighted by atomic mass is 9.92. The van der Waals surface area contributed by atoms with Gasteiger partial charge in [-0.05, 0) is 25.0 Å². The van der Waals surface area contributed by atoms with E-state index in [0.717, 1.165) is 35.5 Å². The van der Waals surface area contributed by atoms with E-state index in [-0.39, 0.29) is 5.92 Å². The minimum absolute atomic E-state index is 0.00776. The van der Waals surface area contributed by atoms with Crippen molar-refractivity contribution in [2.45, 2.75) is 18.8 Å². The molecule has 0 N–H and O–H groups in total. The molecule has 3 rings (SSSR count). The van der Waals surface area contributed by atoms with Crippen LogP contribution in [0.1, 0.15) is 24.5 Å². The highest BCUT2D eigenvalue weighted by atomic mass is 32.2. The number of ether oxygens (including phenoxy) is 1. The topological polar surface area (TPSA) is 75.6 Å². The van der Waals surface area contributed by atoms with E-state index in [1.54, 1.807) is 33.6 Å². The van der Waals surface area contributed by atoms with Crippen molar-refractivity contribution in [3.05, 3.63) is 42.4 Å². The van der Waals surface area contributed by atoms with Gasteiger partial charge in [-0.15, -0.1) is 0 Å². The molecule has 1 aliphatic rings. The Balaban J connectivity index is 1.95. The van der Waals surface area contributed by atoms with Crippen molar-refractivity contribution in [2.75, 3.05) is 34.3 Å². The third kappa shape index (κ3) is 3.72. The summed E-state index contributed by atoms with van der Waals surface area (Å²) in [4.78, 5) is 9.08. The van der Waals surface area contributed by atoms with E-state index in [9.17, 15) is 8.42 Å². The van der Waals surface area contributed by atoms with Crippen molar-refractivity contribution < 1.29 is 13.2 Å². The van der Waals surface area contributed by atoms with Gasteiger partial charge < -0.3 is 4.74 Å². The molecule has 0 aliphatic carbocycles. The number of methoxy groups -OCH3 is 1. The molecule has 26 heavy (non-hydrogen) atoms. The lowest BCUT2D eigenvalue weighted by Gasteiger charge is -2.33. The maximum absolute atomic E-state index is 12.5. The summed E-state index contributed by atoms with van der Waals surface area (Å²) in [6, 6.07) is 7.68. The zero-order valence-corrected chi connectivity index (χ0v) is 16.1. The maximum atomic E-state index is 12.5. The first-order valence-electron chi connectivity index (χ1n) is 8.56. The van der Waals surface area contributed by atoms with Crippen LogP contribution < -0.4 is 4.74 Å². The van der Waals surface area contributed by atoms with Gasteiger partial charge >= 0.3 is 0 Å².